The fourth-order valence-electron chi connectivity index (χ4n) is 2.09. The first kappa shape index (κ1) is 13.3. The summed E-state index contributed by atoms with van der Waals surface area (Å²) in [5.41, 5.74) is 2.36. The maximum atomic E-state index is 13.1. The van der Waals surface area contributed by atoms with Crippen molar-refractivity contribution in [2.75, 3.05) is 0 Å². The summed E-state index contributed by atoms with van der Waals surface area (Å²) in [5.74, 6) is -0.197. The van der Waals surface area contributed by atoms with Gasteiger partial charge in [0.15, 0.2) is 0 Å². The molecule has 0 spiro atoms. The maximum absolute atomic E-state index is 13.1. The second-order valence-electron chi connectivity index (χ2n) is 4.48. The van der Waals surface area contributed by atoms with Crippen molar-refractivity contribution in [3.8, 4) is 22.7 Å². The van der Waals surface area contributed by atoms with Gasteiger partial charge in [-0.1, -0.05) is 5.21 Å². The van der Waals surface area contributed by atoms with E-state index in [1.165, 1.54) is 28.9 Å². The van der Waals surface area contributed by atoms with Gasteiger partial charge in [-0.3, -0.25) is 0 Å². The third kappa shape index (κ3) is 2.48. The summed E-state index contributed by atoms with van der Waals surface area (Å²) in [5, 5.41) is 26.7. The molecule has 0 saturated carbocycles. The largest absolute Gasteiger partial charge is 0.508 e. The summed E-state index contributed by atoms with van der Waals surface area (Å²) in [6.07, 6.45) is 0. The van der Waals surface area contributed by atoms with E-state index in [1.807, 2.05) is 0 Å². The third-order valence-electron chi connectivity index (χ3n) is 3.10. The second-order valence-corrected chi connectivity index (χ2v) is 4.48. The molecule has 0 saturated heterocycles. The quantitative estimate of drug-likeness (QED) is 0.774. The van der Waals surface area contributed by atoms with E-state index in [4.69, 9.17) is 0 Å². The molecule has 0 amide bonds. The Labute approximate surface area is 119 Å². The van der Waals surface area contributed by atoms with Crippen LogP contribution in [0.15, 0.2) is 48.5 Å². The first-order valence-electron chi connectivity index (χ1n) is 6.30. The molecule has 0 radical (unpaired) electrons. The number of nitrogens with zero attached hydrogens (tertiary/aromatic N) is 3. The van der Waals surface area contributed by atoms with Crippen LogP contribution >= 0.6 is 0 Å². The topological polar surface area (TPSA) is 71.2 Å². The molecule has 1 aromatic heterocycles. The second kappa shape index (κ2) is 5.34. The minimum absolute atomic E-state index is 0.143. The lowest BCUT2D eigenvalue weighted by Gasteiger charge is -2.08. The average Bonchev–Trinajstić information content (AvgIpc) is 2.93. The minimum Gasteiger partial charge on any atom is -0.508 e. The van der Waals surface area contributed by atoms with Crippen molar-refractivity contribution in [3.63, 3.8) is 0 Å². The Morgan fingerprint density at radius 1 is 1.00 bits per heavy atom. The first-order valence-corrected chi connectivity index (χ1v) is 6.30. The number of phenolic OH excluding ortho intramolecular Hbond substituents is 1. The molecule has 0 unspecified atom stereocenters. The van der Waals surface area contributed by atoms with Crippen LogP contribution in [0.5, 0.6) is 5.75 Å². The standard InChI is InChI=1S/C15H12FN3O2/c16-11-3-1-10(2-4-11)15-14(9-20)17-18-19(15)12-5-7-13(21)8-6-12/h1-8,20-21H,9H2. The predicted octanol–water partition coefficient (Wildman–Crippen LogP) is 2.27. The van der Waals surface area contributed by atoms with Crippen molar-refractivity contribution in [1.29, 1.82) is 0 Å². The number of hydrogen-bond acceptors (Lipinski definition) is 4. The zero-order valence-electron chi connectivity index (χ0n) is 10.9. The van der Waals surface area contributed by atoms with Crippen LogP contribution in [0.2, 0.25) is 0 Å². The summed E-state index contributed by atoms with van der Waals surface area (Å²) in [4.78, 5) is 0. The molecule has 5 nitrogen and oxygen atoms in total. The number of rotatable bonds is 3. The molecule has 0 fully saturated rings. The Morgan fingerprint density at radius 3 is 2.29 bits per heavy atom. The molecule has 3 rings (SSSR count). The fourth-order valence-corrected chi connectivity index (χ4v) is 2.09. The molecule has 6 heteroatoms. The molecule has 3 aromatic rings. The third-order valence-corrected chi connectivity index (χ3v) is 3.10. The van der Waals surface area contributed by atoms with Crippen LogP contribution in [-0.2, 0) is 6.61 Å². The summed E-state index contributed by atoms with van der Waals surface area (Å²) >= 11 is 0. The molecule has 21 heavy (non-hydrogen) atoms. The van der Waals surface area contributed by atoms with Crippen LogP contribution in [0.3, 0.4) is 0 Å². The molecule has 1 heterocycles. The highest BCUT2D eigenvalue weighted by Crippen LogP contribution is 2.26. The van der Waals surface area contributed by atoms with Crippen LogP contribution in [0.1, 0.15) is 5.69 Å². The van der Waals surface area contributed by atoms with Crippen molar-refractivity contribution in [2.24, 2.45) is 0 Å². The van der Waals surface area contributed by atoms with Crippen molar-refractivity contribution < 1.29 is 14.6 Å². The van der Waals surface area contributed by atoms with Gasteiger partial charge in [0, 0.05) is 5.56 Å². The Kier molecular flexibility index (Phi) is 3.37. The SMILES string of the molecule is OCc1nnn(-c2ccc(O)cc2)c1-c1ccc(F)cc1. The number of aliphatic hydroxyl groups excluding tert-OH is 1. The van der Waals surface area contributed by atoms with Gasteiger partial charge in [-0.05, 0) is 48.5 Å². The van der Waals surface area contributed by atoms with Crippen LogP contribution in [-0.4, -0.2) is 25.2 Å². The monoisotopic (exact) mass is 285 g/mol. The summed E-state index contributed by atoms with van der Waals surface area (Å²) in [7, 11) is 0. The molecule has 0 aliphatic heterocycles. The Hall–Kier alpha value is -2.73. The van der Waals surface area contributed by atoms with Gasteiger partial charge in [-0.15, -0.1) is 5.10 Å². The highest BCUT2D eigenvalue weighted by molar-refractivity contribution is 5.64. The smallest absolute Gasteiger partial charge is 0.123 e. The number of phenols is 1. The average molecular weight is 285 g/mol. The molecule has 0 aliphatic carbocycles. The summed E-state index contributed by atoms with van der Waals surface area (Å²) in [6, 6.07) is 12.3. The molecule has 0 aliphatic rings. The van der Waals surface area contributed by atoms with Gasteiger partial charge in [-0.2, -0.15) is 0 Å². The van der Waals surface area contributed by atoms with E-state index in [9.17, 15) is 14.6 Å². The highest BCUT2D eigenvalue weighted by Gasteiger charge is 2.15. The van der Waals surface area contributed by atoms with Gasteiger partial charge >= 0.3 is 0 Å². The number of aliphatic hydroxyl groups is 1. The van der Waals surface area contributed by atoms with Gasteiger partial charge < -0.3 is 10.2 Å². The Morgan fingerprint density at radius 2 is 1.67 bits per heavy atom. The molecule has 0 bridgehead atoms. The lowest BCUT2D eigenvalue weighted by Crippen LogP contribution is -2.00. The van der Waals surface area contributed by atoms with E-state index in [0.717, 1.165) is 0 Å². The van der Waals surface area contributed by atoms with Gasteiger partial charge in [-0.25, -0.2) is 9.07 Å². The van der Waals surface area contributed by atoms with Crippen LogP contribution in [0.25, 0.3) is 16.9 Å². The number of halogens is 1. The predicted molar refractivity (Wildman–Crippen MR) is 74.3 cm³/mol. The van der Waals surface area contributed by atoms with Crippen molar-refractivity contribution >= 4 is 0 Å². The van der Waals surface area contributed by atoms with E-state index >= 15 is 0 Å². The summed E-state index contributed by atoms with van der Waals surface area (Å²) < 4.78 is 14.6. The van der Waals surface area contributed by atoms with E-state index in [-0.39, 0.29) is 18.2 Å². The minimum atomic E-state index is -0.340. The molecule has 0 atom stereocenters. The molecular weight excluding hydrogens is 273 g/mol. The van der Waals surface area contributed by atoms with Crippen molar-refractivity contribution in [3.05, 3.63) is 60.0 Å². The molecular formula is C15H12FN3O2. The number of aromatic nitrogens is 3. The zero-order valence-corrected chi connectivity index (χ0v) is 10.9. The molecule has 2 N–H and O–H groups in total. The van der Waals surface area contributed by atoms with E-state index in [0.29, 0.717) is 22.6 Å². The van der Waals surface area contributed by atoms with Gasteiger partial charge in [0.25, 0.3) is 0 Å². The highest BCUT2D eigenvalue weighted by atomic mass is 19.1. The van der Waals surface area contributed by atoms with Gasteiger partial charge in [0.2, 0.25) is 0 Å². The summed E-state index contributed by atoms with van der Waals surface area (Å²) in [6.45, 7) is -0.273. The first-order chi connectivity index (χ1) is 10.2. The van der Waals surface area contributed by atoms with Crippen LogP contribution in [0.4, 0.5) is 4.39 Å². The van der Waals surface area contributed by atoms with Crippen LogP contribution < -0.4 is 0 Å². The number of benzene rings is 2. The van der Waals surface area contributed by atoms with Crippen molar-refractivity contribution in [2.45, 2.75) is 6.61 Å². The van der Waals surface area contributed by atoms with E-state index in [1.54, 1.807) is 24.3 Å². The molecule has 2 aromatic carbocycles. The van der Waals surface area contributed by atoms with Gasteiger partial charge in [0.1, 0.15) is 23.0 Å². The lowest BCUT2D eigenvalue weighted by molar-refractivity contribution is 0.277. The maximum Gasteiger partial charge on any atom is 0.123 e. The Bertz CT molecular complexity index is 752. The fraction of sp³-hybridized carbons (Fsp3) is 0.0667. The van der Waals surface area contributed by atoms with Gasteiger partial charge in [0.05, 0.1) is 12.3 Å². The lowest BCUT2D eigenvalue weighted by atomic mass is 10.1. The number of hydrogen-bond donors (Lipinski definition) is 2. The van der Waals surface area contributed by atoms with E-state index in [2.05, 4.69) is 10.3 Å². The van der Waals surface area contributed by atoms with E-state index < -0.39 is 0 Å². The zero-order chi connectivity index (χ0) is 14.8. The normalized spacial score (nSPS) is 10.8. The molecule has 106 valence electrons. The van der Waals surface area contributed by atoms with Crippen LogP contribution in [0, 0.1) is 5.82 Å². The number of aromatic hydroxyl groups is 1. The Balaban J connectivity index is 2.16. The van der Waals surface area contributed by atoms with Crippen molar-refractivity contribution in [1.82, 2.24) is 15.0 Å².